The van der Waals surface area contributed by atoms with Gasteiger partial charge in [0.05, 0.1) is 0 Å². The van der Waals surface area contributed by atoms with Gasteiger partial charge in [-0.15, -0.1) is 0 Å². The maximum Gasteiger partial charge on any atom is 0.225 e. The summed E-state index contributed by atoms with van der Waals surface area (Å²) in [5, 5.41) is 13.7. The van der Waals surface area contributed by atoms with Crippen LogP contribution in [-0.4, -0.2) is 30.1 Å². The number of hydrogen-bond donors (Lipinski definition) is 2. The Bertz CT molecular complexity index is 718. The molecule has 2 N–H and O–H groups in total. The number of aromatic nitrogens is 1. The number of aliphatic hydroxyl groups is 1. The number of carbonyl (C=O) groups excluding carboxylic acids is 1. The fraction of sp³-hybridized carbons (Fsp3) is 0.400. The standard InChI is InChI=1S/C20H27N3O2/c1-20(2,3)19(25)22-13-15-12-21-11-10-17(15)18(24)14-6-8-16(9-7-14)23(4)5/h6-12,18,24H,13H2,1-5H3,(H,22,25). The molecule has 25 heavy (non-hydrogen) atoms. The van der Waals surface area contributed by atoms with Crippen LogP contribution in [0.1, 0.15) is 43.6 Å². The zero-order valence-corrected chi connectivity index (χ0v) is 15.6. The maximum absolute atomic E-state index is 12.1. The number of carbonyl (C=O) groups is 1. The lowest BCUT2D eigenvalue weighted by Crippen LogP contribution is -2.34. The van der Waals surface area contributed by atoms with E-state index in [4.69, 9.17) is 0 Å². The van der Waals surface area contributed by atoms with Crippen LogP contribution in [0, 0.1) is 5.41 Å². The van der Waals surface area contributed by atoms with Crippen molar-refractivity contribution in [3.05, 3.63) is 59.4 Å². The van der Waals surface area contributed by atoms with Gasteiger partial charge in [-0.2, -0.15) is 0 Å². The number of rotatable bonds is 5. The minimum Gasteiger partial charge on any atom is -0.384 e. The van der Waals surface area contributed by atoms with Crippen LogP contribution < -0.4 is 10.2 Å². The Morgan fingerprint density at radius 1 is 1.20 bits per heavy atom. The highest BCUT2D eigenvalue weighted by atomic mass is 16.3. The number of nitrogens with one attached hydrogen (secondary N) is 1. The Morgan fingerprint density at radius 2 is 1.84 bits per heavy atom. The van der Waals surface area contributed by atoms with E-state index in [-0.39, 0.29) is 5.91 Å². The summed E-state index contributed by atoms with van der Waals surface area (Å²) in [5.74, 6) is -0.0351. The smallest absolute Gasteiger partial charge is 0.225 e. The number of hydrogen-bond acceptors (Lipinski definition) is 4. The van der Waals surface area contributed by atoms with Crippen LogP contribution in [0.5, 0.6) is 0 Å². The van der Waals surface area contributed by atoms with Crippen LogP contribution in [-0.2, 0) is 11.3 Å². The van der Waals surface area contributed by atoms with E-state index in [2.05, 4.69) is 10.3 Å². The molecule has 5 nitrogen and oxygen atoms in total. The maximum atomic E-state index is 12.1. The Kier molecular flexibility index (Phi) is 5.80. The van der Waals surface area contributed by atoms with Crippen LogP contribution >= 0.6 is 0 Å². The third-order valence-corrected chi connectivity index (χ3v) is 4.08. The summed E-state index contributed by atoms with van der Waals surface area (Å²) in [4.78, 5) is 18.2. The van der Waals surface area contributed by atoms with Gasteiger partial charge in [-0.1, -0.05) is 32.9 Å². The van der Waals surface area contributed by atoms with Gasteiger partial charge in [0.15, 0.2) is 0 Å². The van der Waals surface area contributed by atoms with Crippen molar-refractivity contribution in [3.8, 4) is 0 Å². The van der Waals surface area contributed by atoms with Crippen molar-refractivity contribution < 1.29 is 9.90 Å². The number of nitrogens with zero attached hydrogens (tertiary/aromatic N) is 2. The lowest BCUT2D eigenvalue weighted by molar-refractivity contribution is -0.128. The molecule has 0 saturated carbocycles. The molecule has 134 valence electrons. The quantitative estimate of drug-likeness (QED) is 0.878. The summed E-state index contributed by atoms with van der Waals surface area (Å²) in [7, 11) is 3.95. The molecule has 0 bridgehead atoms. The molecule has 0 saturated heterocycles. The van der Waals surface area contributed by atoms with Crippen molar-refractivity contribution in [1.29, 1.82) is 0 Å². The average molecular weight is 341 g/mol. The second kappa shape index (κ2) is 7.66. The first kappa shape index (κ1) is 18.9. The van der Waals surface area contributed by atoms with Gasteiger partial charge in [-0.05, 0) is 34.9 Å². The van der Waals surface area contributed by atoms with Gasteiger partial charge >= 0.3 is 0 Å². The molecule has 0 aliphatic carbocycles. The first-order valence-corrected chi connectivity index (χ1v) is 8.36. The first-order chi connectivity index (χ1) is 11.7. The third-order valence-electron chi connectivity index (χ3n) is 4.08. The highest BCUT2D eigenvalue weighted by Crippen LogP contribution is 2.26. The number of aliphatic hydroxyl groups excluding tert-OH is 1. The van der Waals surface area contributed by atoms with Crippen molar-refractivity contribution in [2.24, 2.45) is 5.41 Å². The monoisotopic (exact) mass is 341 g/mol. The van der Waals surface area contributed by atoms with Crippen molar-refractivity contribution in [1.82, 2.24) is 10.3 Å². The van der Waals surface area contributed by atoms with E-state index in [0.717, 1.165) is 22.4 Å². The Balaban J connectivity index is 2.20. The van der Waals surface area contributed by atoms with Gasteiger partial charge in [-0.25, -0.2) is 0 Å². The lowest BCUT2D eigenvalue weighted by Gasteiger charge is -2.20. The minimum atomic E-state index is -0.763. The molecular formula is C20H27N3O2. The SMILES string of the molecule is CN(C)c1ccc(C(O)c2ccncc2CNC(=O)C(C)(C)C)cc1. The highest BCUT2D eigenvalue weighted by molar-refractivity contribution is 5.81. The molecule has 1 amide bonds. The zero-order chi connectivity index (χ0) is 18.6. The van der Waals surface area contributed by atoms with Gasteiger partial charge in [0.1, 0.15) is 6.10 Å². The van der Waals surface area contributed by atoms with Gasteiger partial charge < -0.3 is 15.3 Å². The molecule has 1 aromatic heterocycles. The first-order valence-electron chi connectivity index (χ1n) is 8.36. The van der Waals surface area contributed by atoms with E-state index in [9.17, 15) is 9.90 Å². The van der Waals surface area contributed by atoms with E-state index in [0.29, 0.717) is 6.54 Å². The normalized spacial score (nSPS) is 12.6. The van der Waals surface area contributed by atoms with Gasteiger partial charge in [-0.3, -0.25) is 9.78 Å². The molecule has 0 fully saturated rings. The molecular weight excluding hydrogens is 314 g/mol. The summed E-state index contributed by atoms with van der Waals surface area (Å²) < 4.78 is 0. The van der Waals surface area contributed by atoms with E-state index >= 15 is 0 Å². The number of pyridine rings is 1. The van der Waals surface area contributed by atoms with Crippen LogP contribution in [0.3, 0.4) is 0 Å². The summed E-state index contributed by atoms with van der Waals surface area (Å²) in [6.45, 7) is 5.95. The summed E-state index contributed by atoms with van der Waals surface area (Å²) in [6.07, 6.45) is 2.58. The van der Waals surface area contributed by atoms with E-state index in [1.165, 1.54) is 0 Å². The summed E-state index contributed by atoms with van der Waals surface area (Å²) >= 11 is 0. The van der Waals surface area contributed by atoms with E-state index in [1.54, 1.807) is 18.5 Å². The second-order valence-electron chi connectivity index (χ2n) is 7.40. The summed E-state index contributed by atoms with van der Waals surface area (Å²) in [5.41, 5.74) is 2.98. The van der Waals surface area contributed by atoms with E-state index in [1.807, 2.05) is 64.0 Å². The van der Waals surface area contributed by atoms with Crippen molar-refractivity contribution >= 4 is 11.6 Å². The number of amides is 1. The fourth-order valence-electron chi connectivity index (χ4n) is 2.43. The molecule has 2 aromatic rings. The van der Waals surface area contributed by atoms with Gasteiger partial charge in [0.2, 0.25) is 5.91 Å². The Hall–Kier alpha value is -2.40. The molecule has 2 rings (SSSR count). The molecule has 0 spiro atoms. The van der Waals surface area contributed by atoms with Crippen molar-refractivity contribution in [2.45, 2.75) is 33.4 Å². The lowest BCUT2D eigenvalue weighted by atomic mass is 9.95. The zero-order valence-electron chi connectivity index (χ0n) is 15.6. The predicted octanol–water partition coefficient (Wildman–Crippen LogP) is 2.89. The summed E-state index contributed by atoms with van der Waals surface area (Å²) in [6, 6.07) is 9.57. The largest absolute Gasteiger partial charge is 0.384 e. The fourth-order valence-corrected chi connectivity index (χ4v) is 2.43. The molecule has 0 radical (unpaired) electrons. The molecule has 1 aromatic carbocycles. The number of benzene rings is 1. The van der Waals surface area contributed by atoms with Crippen LogP contribution in [0.25, 0.3) is 0 Å². The Morgan fingerprint density at radius 3 is 2.40 bits per heavy atom. The molecule has 5 heteroatoms. The predicted molar refractivity (Wildman–Crippen MR) is 100 cm³/mol. The average Bonchev–Trinajstić information content (AvgIpc) is 2.58. The second-order valence-corrected chi connectivity index (χ2v) is 7.40. The van der Waals surface area contributed by atoms with Gasteiger partial charge in [0, 0.05) is 44.1 Å². The molecule has 1 heterocycles. The molecule has 0 aliphatic rings. The molecule has 0 aliphatic heterocycles. The van der Waals surface area contributed by atoms with Crippen molar-refractivity contribution in [2.75, 3.05) is 19.0 Å². The van der Waals surface area contributed by atoms with Crippen LogP contribution in [0.2, 0.25) is 0 Å². The highest BCUT2D eigenvalue weighted by Gasteiger charge is 2.22. The molecule has 1 unspecified atom stereocenters. The number of anilines is 1. The van der Waals surface area contributed by atoms with Crippen molar-refractivity contribution in [3.63, 3.8) is 0 Å². The topological polar surface area (TPSA) is 65.5 Å². The van der Waals surface area contributed by atoms with E-state index < -0.39 is 11.5 Å². The molecule has 1 atom stereocenters. The Labute approximate surface area is 149 Å². The third kappa shape index (κ3) is 4.79. The van der Waals surface area contributed by atoms with Gasteiger partial charge in [0.25, 0.3) is 0 Å². The minimum absolute atomic E-state index is 0.0351. The van der Waals surface area contributed by atoms with Crippen LogP contribution in [0.4, 0.5) is 5.69 Å². The van der Waals surface area contributed by atoms with Crippen LogP contribution in [0.15, 0.2) is 42.7 Å².